The smallest absolute Gasteiger partial charge is 0.328 e. The molecule has 0 saturated carbocycles. The molecule has 2 N–H and O–H groups in total. The van der Waals surface area contributed by atoms with Gasteiger partial charge in [0.05, 0.1) is 5.56 Å². The van der Waals surface area contributed by atoms with E-state index in [2.05, 4.69) is 0 Å². The van der Waals surface area contributed by atoms with E-state index in [9.17, 15) is 13.2 Å². The minimum atomic E-state index is -4.31. The van der Waals surface area contributed by atoms with Gasteiger partial charge in [-0.25, -0.2) is 0 Å². The number of nitrogens with two attached hydrogens (primary N) is 1. The minimum absolute atomic E-state index is 0.146. The first-order valence-electron chi connectivity index (χ1n) is 6.88. The van der Waals surface area contributed by atoms with Crippen molar-refractivity contribution >= 4 is 0 Å². The van der Waals surface area contributed by atoms with Crippen molar-refractivity contribution in [3.8, 4) is 11.1 Å². The van der Waals surface area contributed by atoms with Gasteiger partial charge in [0.15, 0.2) is 0 Å². The van der Waals surface area contributed by atoms with Crippen LogP contribution in [0.25, 0.3) is 11.1 Å². The molecule has 21 heavy (non-hydrogen) atoms. The lowest BCUT2D eigenvalue weighted by molar-refractivity contribution is -0.137. The van der Waals surface area contributed by atoms with Crippen LogP contribution in [0.4, 0.5) is 13.2 Å². The predicted molar refractivity (Wildman–Crippen MR) is 78.9 cm³/mol. The Kier molecular flexibility index (Phi) is 4.68. The Labute approximate surface area is 122 Å². The van der Waals surface area contributed by atoms with Crippen molar-refractivity contribution in [3.63, 3.8) is 0 Å². The third kappa shape index (κ3) is 4.33. The summed E-state index contributed by atoms with van der Waals surface area (Å²) in [5.74, 6) is 0. The third-order valence-corrected chi connectivity index (χ3v) is 3.37. The third-order valence-electron chi connectivity index (χ3n) is 3.37. The van der Waals surface area contributed by atoms with Crippen LogP contribution in [0, 0.1) is 0 Å². The standard InChI is InChI=1S/C17H18F3N/c1-12(21)5-6-13-7-9-14(10-8-13)15-3-2-4-16(11-15)17(18,19)20/h2-4,7-12H,5-6,21H2,1H3. The molecule has 0 aliphatic rings. The van der Waals surface area contributed by atoms with Gasteiger partial charge in [-0.05, 0) is 48.6 Å². The molecule has 0 bridgehead atoms. The average molecular weight is 293 g/mol. The molecular formula is C17H18F3N. The fraction of sp³-hybridized carbons (Fsp3) is 0.294. The maximum atomic E-state index is 12.7. The molecule has 1 nitrogen and oxygen atoms in total. The van der Waals surface area contributed by atoms with E-state index in [1.165, 1.54) is 12.1 Å². The molecule has 2 rings (SSSR count). The van der Waals surface area contributed by atoms with Gasteiger partial charge in [-0.15, -0.1) is 0 Å². The van der Waals surface area contributed by atoms with Crippen molar-refractivity contribution in [2.45, 2.75) is 32.0 Å². The Balaban J connectivity index is 2.19. The highest BCUT2D eigenvalue weighted by atomic mass is 19.4. The van der Waals surface area contributed by atoms with Gasteiger partial charge in [-0.1, -0.05) is 36.4 Å². The number of halogens is 3. The lowest BCUT2D eigenvalue weighted by Crippen LogP contribution is -2.15. The molecule has 0 fully saturated rings. The zero-order valence-electron chi connectivity index (χ0n) is 11.8. The van der Waals surface area contributed by atoms with Gasteiger partial charge in [0, 0.05) is 6.04 Å². The zero-order valence-corrected chi connectivity index (χ0v) is 11.8. The predicted octanol–water partition coefficient (Wildman–Crippen LogP) is 4.65. The molecule has 0 saturated heterocycles. The summed E-state index contributed by atoms with van der Waals surface area (Å²) in [4.78, 5) is 0. The van der Waals surface area contributed by atoms with Gasteiger partial charge in [0.25, 0.3) is 0 Å². The van der Waals surface area contributed by atoms with Crippen LogP contribution >= 0.6 is 0 Å². The van der Waals surface area contributed by atoms with Crippen LogP contribution in [0.1, 0.15) is 24.5 Å². The Morgan fingerprint density at radius 1 is 1.00 bits per heavy atom. The minimum Gasteiger partial charge on any atom is -0.328 e. The molecule has 0 spiro atoms. The van der Waals surface area contributed by atoms with Gasteiger partial charge < -0.3 is 5.73 Å². The molecule has 4 heteroatoms. The molecule has 0 radical (unpaired) electrons. The van der Waals surface area contributed by atoms with Crippen LogP contribution in [0.3, 0.4) is 0 Å². The lowest BCUT2D eigenvalue weighted by atomic mass is 9.99. The van der Waals surface area contributed by atoms with E-state index in [1.54, 1.807) is 6.07 Å². The normalized spacial score (nSPS) is 13.2. The molecule has 0 amide bonds. The largest absolute Gasteiger partial charge is 0.416 e. The molecule has 0 heterocycles. The van der Waals surface area contributed by atoms with E-state index in [-0.39, 0.29) is 6.04 Å². The van der Waals surface area contributed by atoms with Crippen LogP contribution < -0.4 is 5.73 Å². The Morgan fingerprint density at radius 3 is 2.24 bits per heavy atom. The van der Waals surface area contributed by atoms with Gasteiger partial charge in [0.1, 0.15) is 0 Å². The highest BCUT2D eigenvalue weighted by Gasteiger charge is 2.30. The molecule has 0 aliphatic carbocycles. The van der Waals surface area contributed by atoms with Crippen molar-refractivity contribution in [2.75, 3.05) is 0 Å². The summed E-state index contributed by atoms with van der Waals surface area (Å²) in [6, 6.07) is 13.1. The molecule has 0 aliphatic heterocycles. The van der Waals surface area contributed by atoms with Crippen molar-refractivity contribution in [2.24, 2.45) is 5.73 Å². The first-order chi connectivity index (χ1) is 9.86. The fourth-order valence-electron chi connectivity index (χ4n) is 2.13. The Hall–Kier alpha value is -1.81. The van der Waals surface area contributed by atoms with Crippen LogP contribution in [-0.4, -0.2) is 6.04 Å². The lowest BCUT2D eigenvalue weighted by Gasteiger charge is -2.10. The molecule has 0 aromatic heterocycles. The average Bonchev–Trinajstić information content (AvgIpc) is 2.45. The number of alkyl halides is 3. The second kappa shape index (κ2) is 6.31. The summed E-state index contributed by atoms with van der Waals surface area (Å²) in [5, 5.41) is 0. The number of aryl methyl sites for hydroxylation is 1. The summed E-state index contributed by atoms with van der Waals surface area (Å²) in [6.45, 7) is 1.96. The van der Waals surface area contributed by atoms with Gasteiger partial charge in [0.2, 0.25) is 0 Å². The van der Waals surface area contributed by atoms with Gasteiger partial charge in [-0.2, -0.15) is 13.2 Å². The summed E-state index contributed by atoms with van der Waals surface area (Å²) in [5.41, 5.74) is 7.59. The summed E-state index contributed by atoms with van der Waals surface area (Å²) < 4.78 is 38.1. The second-order valence-corrected chi connectivity index (χ2v) is 5.29. The summed E-state index contributed by atoms with van der Waals surface area (Å²) in [7, 11) is 0. The monoisotopic (exact) mass is 293 g/mol. The molecular weight excluding hydrogens is 275 g/mol. The Morgan fingerprint density at radius 2 is 1.67 bits per heavy atom. The van der Waals surface area contributed by atoms with E-state index in [0.29, 0.717) is 5.56 Å². The molecule has 1 atom stereocenters. The first-order valence-corrected chi connectivity index (χ1v) is 6.88. The molecule has 1 unspecified atom stereocenters. The van der Waals surface area contributed by atoms with E-state index in [0.717, 1.165) is 30.0 Å². The van der Waals surface area contributed by atoms with E-state index in [4.69, 9.17) is 5.73 Å². The van der Waals surface area contributed by atoms with Crippen LogP contribution in [-0.2, 0) is 12.6 Å². The van der Waals surface area contributed by atoms with Crippen molar-refractivity contribution < 1.29 is 13.2 Å². The molecule has 2 aromatic rings. The van der Waals surface area contributed by atoms with Crippen LogP contribution in [0.2, 0.25) is 0 Å². The van der Waals surface area contributed by atoms with E-state index < -0.39 is 11.7 Å². The zero-order chi connectivity index (χ0) is 15.5. The van der Waals surface area contributed by atoms with Gasteiger partial charge in [-0.3, -0.25) is 0 Å². The summed E-state index contributed by atoms with van der Waals surface area (Å²) >= 11 is 0. The number of rotatable bonds is 4. The number of hydrogen-bond donors (Lipinski definition) is 1. The topological polar surface area (TPSA) is 26.0 Å². The Bertz CT molecular complexity index is 586. The SMILES string of the molecule is CC(N)CCc1ccc(-c2cccc(C(F)(F)F)c2)cc1. The highest BCUT2D eigenvalue weighted by Crippen LogP contribution is 2.32. The summed E-state index contributed by atoms with van der Waals surface area (Å²) in [6.07, 6.45) is -2.54. The maximum absolute atomic E-state index is 12.7. The number of hydrogen-bond acceptors (Lipinski definition) is 1. The van der Waals surface area contributed by atoms with Crippen molar-refractivity contribution in [3.05, 3.63) is 59.7 Å². The highest BCUT2D eigenvalue weighted by molar-refractivity contribution is 5.64. The number of benzene rings is 2. The maximum Gasteiger partial charge on any atom is 0.416 e. The molecule has 2 aromatic carbocycles. The van der Waals surface area contributed by atoms with E-state index in [1.807, 2.05) is 31.2 Å². The fourth-order valence-corrected chi connectivity index (χ4v) is 2.13. The van der Waals surface area contributed by atoms with Crippen LogP contribution in [0.5, 0.6) is 0 Å². The van der Waals surface area contributed by atoms with Crippen LogP contribution in [0.15, 0.2) is 48.5 Å². The second-order valence-electron chi connectivity index (χ2n) is 5.29. The van der Waals surface area contributed by atoms with Crippen molar-refractivity contribution in [1.82, 2.24) is 0 Å². The van der Waals surface area contributed by atoms with E-state index >= 15 is 0 Å². The molecule has 112 valence electrons. The van der Waals surface area contributed by atoms with Crippen molar-refractivity contribution in [1.29, 1.82) is 0 Å². The first kappa shape index (κ1) is 15.6. The van der Waals surface area contributed by atoms with Gasteiger partial charge >= 0.3 is 6.18 Å². The quantitative estimate of drug-likeness (QED) is 0.872.